The van der Waals surface area contributed by atoms with E-state index in [1.165, 1.54) is 38.9 Å². The Morgan fingerprint density at radius 3 is 1.83 bits per heavy atom. The summed E-state index contributed by atoms with van der Waals surface area (Å²) in [6, 6.07) is 43.4. The number of anilines is 1. The lowest BCUT2D eigenvalue weighted by atomic mass is 9.69. The number of fused-ring (bicyclic) bond motifs is 3. The minimum Gasteiger partial charge on any atom is -0.398 e. The first-order valence-electron chi connectivity index (χ1n) is 12.4. The highest BCUT2D eigenvalue weighted by atomic mass is 14.6. The van der Waals surface area contributed by atoms with Crippen LogP contribution in [0.5, 0.6) is 0 Å². The summed E-state index contributed by atoms with van der Waals surface area (Å²) < 4.78 is 0. The number of benzene rings is 5. The van der Waals surface area contributed by atoms with Crippen molar-refractivity contribution < 1.29 is 0 Å². The first-order chi connectivity index (χ1) is 17.2. The molecule has 1 nitrogen and oxygen atoms in total. The zero-order valence-corrected chi connectivity index (χ0v) is 20.0. The number of nitrogens with two attached hydrogens (primary N) is 1. The lowest BCUT2D eigenvalue weighted by molar-refractivity contribution is 0.506. The third-order valence-corrected chi connectivity index (χ3v) is 7.68. The summed E-state index contributed by atoms with van der Waals surface area (Å²) in [7, 11) is 0. The van der Waals surface area contributed by atoms with Crippen molar-refractivity contribution in [1.82, 2.24) is 0 Å². The van der Waals surface area contributed by atoms with E-state index in [1.807, 2.05) is 0 Å². The van der Waals surface area contributed by atoms with E-state index in [-0.39, 0.29) is 5.41 Å². The van der Waals surface area contributed by atoms with Crippen LogP contribution in [0.15, 0.2) is 121 Å². The molecular formula is C34H29N. The monoisotopic (exact) mass is 451 g/mol. The molecule has 1 heteroatoms. The third kappa shape index (κ3) is 3.39. The molecule has 5 aromatic rings. The van der Waals surface area contributed by atoms with E-state index in [0.717, 1.165) is 29.7 Å². The summed E-state index contributed by atoms with van der Waals surface area (Å²) >= 11 is 0. The van der Waals surface area contributed by atoms with Gasteiger partial charge >= 0.3 is 0 Å². The van der Waals surface area contributed by atoms with Crippen LogP contribution in [0.25, 0.3) is 33.4 Å². The van der Waals surface area contributed by atoms with Crippen LogP contribution < -0.4 is 5.73 Å². The molecule has 2 N–H and O–H groups in total. The summed E-state index contributed by atoms with van der Waals surface area (Å²) in [5.41, 5.74) is 19.2. The number of hydrogen-bond acceptors (Lipinski definition) is 1. The molecule has 35 heavy (non-hydrogen) atoms. The predicted octanol–water partition coefficient (Wildman–Crippen LogP) is 8.52. The maximum absolute atomic E-state index is 7.12. The fourth-order valence-corrected chi connectivity index (χ4v) is 6.06. The van der Waals surface area contributed by atoms with Gasteiger partial charge in [0.2, 0.25) is 0 Å². The molecule has 0 saturated carbocycles. The highest BCUT2D eigenvalue weighted by Crippen LogP contribution is 2.58. The minimum absolute atomic E-state index is 0.151. The molecule has 1 atom stereocenters. The fraction of sp³-hybridized carbons (Fsp3) is 0.118. The van der Waals surface area contributed by atoms with Crippen LogP contribution in [0.4, 0.5) is 5.69 Å². The van der Waals surface area contributed by atoms with Gasteiger partial charge in [-0.2, -0.15) is 0 Å². The molecule has 1 aliphatic carbocycles. The second-order valence-electron chi connectivity index (χ2n) is 9.51. The molecule has 0 saturated heterocycles. The molecule has 0 fully saturated rings. The number of hydrogen-bond donors (Lipinski definition) is 1. The van der Waals surface area contributed by atoms with Crippen LogP contribution >= 0.6 is 0 Å². The van der Waals surface area contributed by atoms with Gasteiger partial charge in [-0.3, -0.25) is 0 Å². The Bertz CT molecular complexity index is 1490. The van der Waals surface area contributed by atoms with E-state index in [4.69, 9.17) is 5.73 Å². The highest BCUT2D eigenvalue weighted by Gasteiger charge is 2.44. The maximum atomic E-state index is 7.12. The Hall–Kier alpha value is -4.10. The van der Waals surface area contributed by atoms with Crippen molar-refractivity contribution in [3.05, 3.63) is 138 Å². The summed E-state index contributed by atoms with van der Waals surface area (Å²) in [6.45, 7) is 2.32. The molecule has 0 aliphatic heterocycles. The SMILES string of the molecule is CCC1(Cc2ccccc2)c2ccccc2-c2cc(-c3ccccc3)c(N)c(-c3ccccc3)c21. The highest BCUT2D eigenvalue weighted by molar-refractivity contribution is 6.00. The van der Waals surface area contributed by atoms with Gasteiger partial charge in [-0.1, -0.05) is 122 Å². The topological polar surface area (TPSA) is 26.0 Å². The van der Waals surface area contributed by atoms with E-state index in [9.17, 15) is 0 Å². The molecule has 170 valence electrons. The Kier molecular flexibility index (Phi) is 5.26. The lowest BCUT2D eigenvalue weighted by Crippen LogP contribution is -2.28. The molecule has 6 rings (SSSR count). The van der Waals surface area contributed by atoms with Crippen molar-refractivity contribution in [3.8, 4) is 33.4 Å². The number of rotatable bonds is 5. The lowest BCUT2D eigenvalue weighted by Gasteiger charge is -2.34. The molecular weight excluding hydrogens is 422 g/mol. The van der Waals surface area contributed by atoms with Gasteiger partial charge in [0.1, 0.15) is 0 Å². The molecule has 1 aliphatic rings. The predicted molar refractivity (Wildman–Crippen MR) is 148 cm³/mol. The second kappa shape index (κ2) is 8.60. The van der Waals surface area contributed by atoms with Gasteiger partial charge in [0.05, 0.1) is 0 Å². The molecule has 0 amide bonds. The van der Waals surface area contributed by atoms with Gasteiger partial charge < -0.3 is 5.73 Å². The average Bonchev–Trinajstić information content (AvgIpc) is 3.19. The summed E-state index contributed by atoms with van der Waals surface area (Å²) in [4.78, 5) is 0. The average molecular weight is 452 g/mol. The normalized spacial score (nSPS) is 16.0. The Labute approximate surface area is 207 Å². The first-order valence-corrected chi connectivity index (χ1v) is 12.4. The number of nitrogen functional groups attached to an aromatic ring is 1. The Morgan fingerprint density at radius 2 is 1.17 bits per heavy atom. The second-order valence-corrected chi connectivity index (χ2v) is 9.51. The summed E-state index contributed by atoms with van der Waals surface area (Å²) in [6.07, 6.45) is 1.94. The maximum Gasteiger partial charge on any atom is 0.0476 e. The largest absolute Gasteiger partial charge is 0.398 e. The molecule has 5 aromatic carbocycles. The van der Waals surface area contributed by atoms with E-state index in [2.05, 4.69) is 128 Å². The third-order valence-electron chi connectivity index (χ3n) is 7.68. The van der Waals surface area contributed by atoms with Crippen LogP contribution in [-0.2, 0) is 11.8 Å². The van der Waals surface area contributed by atoms with Crippen molar-refractivity contribution in [2.24, 2.45) is 0 Å². The minimum atomic E-state index is -0.151. The summed E-state index contributed by atoms with van der Waals surface area (Å²) in [5, 5.41) is 0. The first kappa shape index (κ1) is 21.4. The van der Waals surface area contributed by atoms with E-state index < -0.39 is 0 Å². The van der Waals surface area contributed by atoms with Crippen molar-refractivity contribution in [3.63, 3.8) is 0 Å². The van der Waals surface area contributed by atoms with Gasteiger partial charge in [-0.05, 0) is 57.9 Å². The summed E-state index contributed by atoms with van der Waals surface area (Å²) in [5.74, 6) is 0. The molecule has 0 heterocycles. The quantitative estimate of drug-likeness (QED) is 0.266. The van der Waals surface area contributed by atoms with Crippen LogP contribution in [0.2, 0.25) is 0 Å². The smallest absolute Gasteiger partial charge is 0.0476 e. The zero-order valence-electron chi connectivity index (χ0n) is 20.0. The van der Waals surface area contributed by atoms with E-state index >= 15 is 0 Å². The van der Waals surface area contributed by atoms with Crippen molar-refractivity contribution >= 4 is 5.69 Å². The van der Waals surface area contributed by atoms with Crippen molar-refractivity contribution in [2.45, 2.75) is 25.2 Å². The van der Waals surface area contributed by atoms with Gasteiger partial charge in [0, 0.05) is 22.2 Å². The van der Waals surface area contributed by atoms with Crippen LogP contribution in [0, 0.1) is 0 Å². The zero-order chi connectivity index (χ0) is 23.8. The Balaban J connectivity index is 1.73. The van der Waals surface area contributed by atoms with Gasteiger partial charge in [-0.25, -0.2) is 0 Å². The molecule has 0 spiro atoms. The van der Waals surface area contributed by atoms with Crippen molar-refractivity contribution in [1.29, 1.82) is 0 Å². The van der Waals surface area contributed by atoms with Gasteiger partial charge in [0.15, 0.2) is 0 Å². The van der Waals surface area contributed by atoms with Gasteiger partial charge in [0.25, 0.3) is 0 Å². The van der Waals surface area contributed by atoms with Crippen molar-refractivity contribution in [2.75, 3.05) is 5.73 Å². The van der Waals surface area contributed by atoms with E-state index in [1.54, 1.807) is 0 Å². The Morgan fingerprint density at radius 1 is 0.600 bits per heavy atom. The standard InChI is InChI=1S/C34H29N/c1-2-34(23-24-14-6-3-7-15-24)30-21-13-12-20-27(30)29-22-28(25-16-8-4-9-17-25)33(35)31(32(29)34)26-18-10-5-11-19-26/h3-22H,2,23,35H2,1H3. The van der Waals surface area contributed by atoms with Crippen LogP contribution in [0.3, 0.4) is 0 Å². The van der Waals surface area contributed by atoms with E-state index in [0.29, 0.717) is 0 Å². The van der Waals surface area contributed by atoms with Crippen LogP contribution in [-0.4, -0.2) is 0 Å². The molecule has 1 unspecified atom stereocenters. The fourth-order valence-electron chi connectivity index (χ4n) is 6.06. The van der Waals surface area contributed by atoms with Gasteiger partial charge in [-0.15, -0.1) is 0 Å². The molecule has 0 aromatic heterocycles. The molecule has 0 radical (unpaired) electrons. The molecule has 0 bridgehead atoms. The van der Waals surface area contributed by atoms with Crippen LogP contribution in [0.1, 0.15) is 30.0 Å².